The molecule has 0 aliphatic carbocycles. The van der Waals surface area contributed by atoms with E-state index in [1.165, 1.54) is 12.1 Å². The zero-order valence-corrected chi connectivity index (χ0v) is 17.8. The van der Waals surface area contributed by atoms with E-state index in [9.17, 15) is 9.18 Å². The quantitative estimate of drug-likeness (QED) is 0.618. The number of nitrogens with one attached hydrogen (secondary N) is 1. The lowest BCUT2D eigenvalue weighted by molar-refractivity contribution is -0.132. The average molecular weight is 422 g/mol. The predicted molar refractivity (Wildman–Crippen MR) is 118 cm³/mol. The van der Waals surface area contributed by atoms with Gasteiger partial charge in [0.05, 0.1) is 5.69 Å². The minimum atomic E-state index is -0.276. The topological polar surface area (TPSA) is 58.4 Å². The van der Waals surface area contributed by atoms with E-state index in [-0.39, 0.29) is 11.7 Å². The molecule has 5 nitrogen and oxygen atoms in total. The highest BCUT2D eigenvalue weighted by atomic mass is 19.1. The summed E-state index contributed by atoms with van der Waals surface area (Å²) in [5, 5.41) is 7.67. The number of hydrogen-bond acceptors (Lipinski definition) is 4. The first-order chi connectivity index (χ1) is 15.1. The van der Waals surface area contributed by atoms with Crippen LogP contribution in [-0.4, -0.2) is 36.1 Å². The standard InChI is InChI=1S/C25H28FN3O2/c1-29(17-18-5-3-2-4-6-18)25(30)14-20-11-12-27-16-21(20)13-23-15-24(31-28-23)19-7-9-22(26)10-8-19/h2-10,15,20-21,27H,11-14,16-17H2,1H3/t20-,21-/m0/s1. The van der Waals surface area contributed by atoms with Crippen molar-refractivity contribution >= 4 is 5.91 Å². The van der Waals surface area contributed by atoms with E-state index in [1.807, 2.05) is 48.3 Å². The Balaban J connectivity index is 1.37. The summed E-state index contributed by atoms with van der Waals surface area (Å²) in [7, 11) is 1.87. The van der Waals surface area contributed by atoms with Crippen molar-refractivity contribution < 1.29 is 13.7 Å². The fraction of sp³-hybridized carbons (Fsp3) is 0.360. The molecule has 162 valence electrons. The molecule has 1 aromatic heterocycles. The molecule has 2 atom stereocenters. The van der Waals surface area contributed by atoms with Gasteiger partial charge in [-0.25, -0.2) is 4.39 Å². The van der Waals surface area contributed by atoms with E-state index >= 15 is 0 Å². The van der Waals surface area contributed by atoms with E-state index in [2.05, 4.69) is 10.5 Å². The number of hydrogen-bond donors (Lipinski definition) is 1. The lowest BCUT2D eigenvalue weighted by atomic mass is 9.81. The third kappa shape index (κ3) is 5.58. The lowest BCUT2D eigenvalue weighted by Crippen LogP contribution is -2.40. The second kappa shape index (κ2) is 9.88. The van der Waals surface area contributed by atoms with Crippen molar-refractivity contribution in [3.05, 3.63) is 77.7 Å². The molecule has 0 spiro atoms. The molecular formula is C25H28FN3O2. The Kier molecular flexibility index (Phi) is 6.77. The van der Waals surface area contributed by atoms with Gasteiger partial charge in [0.25, 0.3) is 0 Å². The minimum Gasteiger partial charge on any atom is -0.356 e. The van der Waals surface area contributed by atoms with Crippen molar-refractivity contribution in [2.75, 3.05) is 20.1 Å². The molecule has 3 aromatic rings. The van der Waals surface area contributed by atoms with Crippen LogP contribution in [0.15, 0.2) is 65.2 Å². The van der Waals surface area contributed by atoms with Crippen LogP contribution >= 0.6 is 0 Å². The normalized spacial score (nSPS) is 18.6. The molecule has 1 aliphatic rings. The van der Waals surface area contributed by atoms with Gasteiger partial charge in [0.1, 0.15) is 5.82 Å². The largest absolute Gasteiger partial charge is 0.356 e. The lowest BCUT2D eigenvalue weighted by Gasteiger charge is -2.32. The summed E-state index contributed by atoms with van der Waals surface area (Å²) < 4.78 is 18.6. The summed E-state index contributed by atoms with van der Waals surface area (Å²) in [6.45, 7) is 2.41. The zero-order chi connectivity index (χ0) is 21.6. The maximum atomic E-state index is 13.2. The number of piperidine rings is 1. The summed E-state index contributed by atoms with van der Waals surface area (Å²) in [6.07, 6.45) is 2.26. The van der Waals surface area contributed by atoms with Crippen molar-refractivity contribution in [1.29, 1.82) is 0 Å². The number of benzene rings is 2. The minimum absolute atomic E-state index is 0.174. The Labute approximate surface area is 182 Å². The second-order valence-corrected chi connectivity index (χ2v) is 8.35. The molecule has 1 fully saturated rings. The Morgan fingerprint density at radius 2 is 1.94 bits per heavy atom. The van der Waals surface area contributed by atoms with Gasteiger partial charge in [-0.1, -0.05) is 35.5 Å². The van der Waals surface area contributed by atoms with E-state index in [4.69, 9.17) is 4.52 Å². The van der Waals surface area contributed by atoms with Crippen LogP contribution in [-0.2, 0) is 17.8 Å². The van der Waals surface area contributed by atoms with Crippen LogP contribution in [0.2, 0.25) is 0 Å². The average Bonchev–Trinajstić information content (AvgIpc) is 3.25. The predicted octanol–water partition coefficient (Wildman–Crippen LogP) is 4.30. The van der Waals surface area contributed by atoms with Gasteiger partial charge in [-0.2, -0.15) is 0 Å². The highest BCUT2D eigenvalue weighted by Crippen LogP contribution is 2.28. The molecular weight excluding hydrogens is 393 g/mol. The van der Waals surface area contributed by atoms with Crippen molar-refractivity contribution in [3.63, 3.8) is 0 Å². The smallest absolute Gasteiger partial charge is 0.222 e. The van der Waals surface area contributed by atoms with Crippen molar-refractivity contribution in [1.82, 2.24) is 15.4 Å². The molecule has 0 unspecified atom stereocenters. The first-order valence-electron chi connectivity index (χ1n) is 10.8. The van der Waals surface area contributed by atoms with Gasteiger partial charge >= 0.3 is 0 Å². The van der Waals surface area contributed by atoms with Gasteiger partial charge in [0.15, 0.2) is 5.76 Å². The number of halogens is 1. The summed E-state index contributed by atoms with van der Waals surface area (Å²) in [6, 6.07) is 18.2. The third-order valence-electron chi connectivity index (χ3n) is 6.05. The van der Waals surface area contributed by atoms with Gasteiger partial charge in [-0.05, 0) is 67.6 Å². The molecule has 31 heavy (non-hydrogen) atoms. The number of aromatic nitrogens is 1. The zero-order valence-electron chi connectivity index (χ0n) is 17.8. The fourth-order valence-corrected chi connectivity index (χ4v) is 4.24. The molecule has 1 amide bonds. The third-order valence-corrected chi connectivity index (χ3v) is 6.05. The maximum absolute atomic E-state index is 13.2. The van der Waals surface area contributed by atoms with Gasteiger partial charge in [-0.3, -0.25) is 4.79 Å². The van der Waals surface area contributed by atoms with Gasteiger partial charge in [-0.15, -0.1) is 0 Å². The van der Waals surface area contributed by atoms with E-state index < -0.39 is 0 Å². The van der Waals surface area contributed by atoms with Crippen LogP contribution in [0, 0.1) is 17.7 Å². The molecule has 4 rings (SSSR count). The van der Waals surface area contributed by atoms with E-state index in [0.717, 1.165) is 42.8 Å². The molecule has 1 N–H and O–H groups in total. The van der Waals surface area contributed by atoms with Gasteiger partial charge in [0.2, 0.25) is 5.91 Å². The Morgan fingerprint density at radius 1 is 1.16 bits per heavy atom. The van der Waals surface area contributed by atoms with Crippen LogP contribution in [0.3, 0.4) is 0 Å². The molecule has 1 saturated heterocycles. The second-order valence-electron chi connectivity index (χ2n) is 8.35. The van der Waals surface area contributed by atoms with Crippen LogP contribution in [0.1, 0.15) is 24.1 Å². The summed E-state index contributed by atoms with van der Waals surface area (Å²) >= 11 is 0. The summed E-state index contributed by atoms with van der Waals surface area (Å²) in [5.41, 5.74) is 2.80. The number of amides is 1. The van der Waals surface area contributed by atoms with Gasteiger partial charge < -0.3 is 14.7 Å². The van der Waals surface area contributed by atoms with Crippen LogP contribution < -0.4 is 5.32 Å². The number of rotatable bonds is 7. The number of carbonyl (C=O) groups is 1. The van der Waals surface area contributed by atoms with Crippen LogP contribution in [0.4, 0.5) is 4.39 Å². The first kappa shape index (κ1) is 21.2. The van der Waals surface area contributed by atoms with Crippen molar-refractivity contribution in [2.45, 2.75) is 25.8 Å². The molecule has 0 radical (unpaired) electrons. The van der Waals surface area contributed by atoms with Crippen molar-refractivity contribution in [2.24, 2.45) is 11.8 Å². The van der Waals surface area contributed by atoms with Crippen LogP contribution in [0.5, 0.6) is 0 Å². The highest BCUT2D eigenvalue weighted by Gasteiger charge is 2.29. The monoisotopic (exact) mass is 421 g/mol. The number of carbonyl (C=O) groups excluding carboxylic acids is 1. The van der Waals surface area contributed by atoms with E-state index in [1.54, 1.807) is 12.1 Å². The summed E-state index contributed by atoms with van der Waals surface area (Å²) in [4.78, 5) is 14.7. The Bertz CT molecular complexity index is 988. The van der Waals surface area contributed by atoms with Crippen LogP contribution in [0.25, 0.3) is 11.3 Å². The maximum Gasteiger partial charge on any atom is 0.222 e. The molecule has 0 bridgehead atoms. The Hall–Kier alpha value is -2.99. The van der Waals surface area contributed by atoms with E-state index in [0.29, 0.717) is 30.6 Å². The molecule has 2 heterocycles. The highest BCUT2D eigenvalue weighted by molar-refractivity contribution is 5.76. The summed E-state index contributed by atoms with van der Waals surface area (Å²) in [5.74, 6) is 1.15. The molecule has 1 aliphatic heterocycles. The number of nitrogens with zero attached hydrogens (tertiary/aromatic N) is 2. The Morgan fingerprint density at radius 3 is 2.71 bits per heavy atom. The molecule has 6 heteroatoms. The first-order valence-corrected chi connectivity index (χ1v) is 10.8. The SMILES string of the molecule is CN(Cc1ccccc1)C(=O)C[C@@H]1CCNC[C@@H]1Cc1cc(-c2ccc(F)cc2)on1. The molecule has 0 saturated carbocycles. The molecule has 2 aromatic carbocycles. The van der Waals surface area contributed by atoms with Crippen molar-refractivity contribution in [3.8, 4) is 11.3 Å². The fourth-order valence-electron chi connectivity index (χ4n) is 4.24. The van der Waals surface area contributed by atoms with Gasteiger partial charge in [0, 0.05) is 31.6 Å².